The van der Waals surface area contributed by atoms with Gasteiger partial charge in [-0.3, -0.25) is 14.3 Å². The number of halogens is 1. The number of carbonyl (C=O) groups excluding carboxylic acids is 1. The average molecular weight is 645 g/mol. The monoisotopic (exact) mass is 644 g/mol. The molecule has 0 bridgehead atoms. The molecule has 7 rings (SSSR count). The second-order valence-electron chi connectivity index (χ2n) is 10.6. The summed E-state index contributed by atoms with van der Waals surface area (Å²) in [7, 11) is 0. The molecule has 0 spiro atoms. The lowest BCUT2D eigenvalue weighted by molar-refractivity contribution is 0.0623. The molecule has 12 heteroatoms. The molecule has 224 valence electrons. The summed E-state index contributed by atoms with van der Waals surface area (Å²) in [6.07, 6.45) is 0. The highest BCUT2D eigenvalue weighted by molar-refractivity contribution is 7.98. The molecule has 0 unspecified atom stereocenters. The third-order valence-corrected chi connectivity index (χ3v) is 10.0. The fourth-order valence-corrected chi connectivity index (χ4v) is 7.33. The molecule has 1 fully saturated rings. The van der Waals surface area contributed by atoms with Gasteiger partial charge in [0.15, 0.2) is 22.5 Å². The normalized spacial score (nSPS) is 14.7. The molecule has 44 heavy (non-hydrogen) atoms. The van der Waals surface area contributed by atoms with Gasteiger partial charge in [0.05, 0.1) is 16.5 Å². The molecule has 0 aliphatic carbocycles. The van der Waals surface area contributed by atoms with E-state index in [-0.39, 0.29) is 12.7 Å². The van der Waals surface area contributed by atoms with E-state index in [0.717, 1.165) is 58.1 Å². The van der Waals surface area contributed by atoms with Crippen LogP contribution < -0.4 is 9.47 Å². The number of hydrogen-bond donors (Lipinski definition) is 0. The van der Waals surface area contributed by atoms with E-state index < -0.39 is 0 Å². The third-order valence-electron chi connectivity index (χ3n) is 7.70. The lowest BCUT2D eigenvalue weighted by Gasteiger charge is -2.34. The Bertz CT molecular complexity index is 1820. The zero-order valence-corrected chi connectivity index (χ0v) is 26.4. The molecule has 0 saturated carbocycles. The van der Waals surface area contributed by atoms with Crippen LogP contribution in [0.4, 0.5) is 0 Å². The van der Waals surface area contributed by atoms with Crippen molar-refractivity contribution >= 4 is 40.6 Å². The van der Waals surface area contributed by atoms with Crippen LogP contribution in [0.1, 0.15) is 26.6 Å². The average Bonchev–Trinajstić information content (AvgIpc) is 3.81. The molecule has 0 atom stereocenters. The second kappa shape index (κ2) is 12.6. The SMILES string of the molecule is Cc1ccccc1-n1c(SCc2nc(C(=O)N3CCN(Cc4ccc5c(c4)OCO5)CC3)cs2)nnc1-c1ccccc1Cl. The number of para-hydroxylation sites is 1. The van der Waals surface area contributed by atoms with E-state index in [1.54, 1.807) is 11.8 Å². The zero-order valence-electron chi connectivity index (χ0n) is 24.0. The Morgan fingerprint density at radius 2 is 1.77 bits per heavy atom. The van der Waals surface area contributed by atoms with Gasteiger partial charge in [-0.25, -0.2) is 4.98 Å². The third kappa shape index (κ3) is 5.92. The number of rotatable bonds is 8. The lowest BCUT2D eigenvalue weighted by atomic mass is 10.1. The Morgan fingerprint density at radius 1 is 0.977 bits per heavy atom. The van der Waals surface area contributed by atoms with E-state index in [9.17, 15) is 4.79 Å². The van der Waals surface area contributed by atoms with Crippen molar-refractivity contribution in [2.75, 3.05) is 33.0 Å². The molecule has 9 nitrogen and oxygen atoms in total. The van der Waals surface area contributed by atoms with Crippen LogP contribution in [0.25, 0.3) is 17.1 Å². The van der Waals surface area contributed by atoms with Crippen molar-refractivity contribution in [2.45, 2.75) is 24.4 Å². The molecule has 1 saturated heterocycles. The van der Waals surface area contributed by atoms with Crippen LogP contribution >= 0.6 is 34.7 Å². The van der Waals surface area contributed by atoms with E-state index >= 15 is 0 Å². The summed E-state index contributed by atoms with van der Waals surface area (Å²) in [6, 6.07) is 21.8. The number of thioether (sulfide) groups is 1. The summed E-state index contributed by atoms with van der Waals surface area (Å²) in [5.74, 6) is 2.81. The Hall–Kier alpha value is -3.90. The molecule has 2 aliphatic heterocycles. The van der Waals surface area contributed by atoms with Crippen molar-refractivity contribution in [3.63, 3.8) is 0 Å². The van der Waals surface area contributed by atoms with Gasteiger partial charge in [0.25, 0.3) is 5.91 Å². The number of fused-ring (bicyclic) bond motifs is 1. The van der Waals surface area contributed by atoms with E-state index in [1.807, 2.05) is 63.4 Å². The smallest absolute Gasteiger partial charge is 0.273 e. The predicted octanol–water partition coefficient (Wildman–Crippen LogP) is 6.33. The highest BCUT2D eigenvalue weighted by atomic mass is 35.5. The number of benzene rings is 3. The maximum absolute atomic E-state index is 13.3. The number of aromatic nitrogens is 4. The second-order valence-corrected chi connectivity index (χ2v) is 12.9. The van der Waals surface area contributed by atoms with E-state index in [0.29, 0.717) is 35.4 Å². The minimum atomic E-state index is -0.0238. The summed E-state index contributed by atoms with van der Waals surface area (Å²) in [6.45, 7) is 6.07. The van der Waals surface area contributed by atoms with Gasteiger partial charge >= 0.3 is 0 Å². The Morgan fingerprint density at radius 3 is 2.61 bits per heavy atom. The molecule has 5 aromatic rings. The van der Waals surface area contributed by atoms with E-state index in [4.69, 9.17) is 26.1 Å². The molecule has 1 amide bonds. The van der Waals surface area contributed by atoms with Gasteiger partial charge in [-0.2, -0.15) is 0 Å². The van der Waals surface area contributed by atoms with Crippen molar-refractivity contribution in [1.29, 1.82) is 0 Å². The summed E-state index contributed by atoms with van der Waals surface area (Å²) < 4.78 is 13.0. The lowest BCUT2D eigenvalue weighted by Crippen LogP contribution is -2.48. The number of piperazine rings is 1. The molecule has 2 aromatic heterocycles. The molecular weight excluding hydrogens is 616 g/mol. The summed E-state index contributed by atoms with van der Waals surface area (Å²) in [5, 5.41) is 13.1. The largest absolute Gasteiger partial charge is 0.454 e. The number of thiazole rings is 1. The minimum Gasteiger partial charge on any atom is -0.454 e. The van der Waals surface area contributed by atoms with Gasteiger partial charge in [0, 0.05) is 43.7 Å². The Labute approximate surface area is 268 Å². The van der Waals surface area contributed by atoms with Crippen LogP contribution in [0.3, 0.4) is 0 Å². The first kappa shape index (κ1) is 28.8. The highest BCUT2D eigenvalue weighted by Crippen LogP contribution is 2.35. The van der Waals surface area contributed by atoms with Crippen molar-refractivity contribution in [2.24, 2.45) is 0 Å². The number of hydrogen-bond acceptors (Lipinski definition) is 9. The molecule has 4 heterocycles. The maximum Gasteiger partial charge on any atom is 0.273 e. The quantitative estimate of drug-likeness (QED) is 0.181. The zero-order chi connectivity index (χ0) is 30.0. The Kier molecular flexibility index (Phi) is 8.26. The first-order valence-corrected chi connectivity index (χ1v) is 16.5. The highest BCUT2D eigenvalue weighted by Gasteiger charge is 2.25. The van der Waals surface area contributed by atoms with Crippen LogP contribution in [0.15, 0.2) is 77.3 Å². The fourth-order valence-electron chi connectivity index (χ4n) is 5.38. The maximum atomic E-state index is 13.3. The van der Waals surface area contributed by atoms with Crippen LogP contribution in [-0.4, -0.2) is 68.4 Å². The molecule has 0 radical (unpaired) electrons. The number of nitrogens with zero attached hydrogens (tertiary/aromatic N) is 6. The molecule has 2 aliphatic rings. The van der Waals surface area contributed by atoms with Gasteiger partial charge in [0.1, 0.15) is 10.7 Å². The number of amides is 1. The summed E-state index contributed by atoms with van der Waals surface area (Å²) >= 11 is 9.59. The molecule has 3 aromatic carbocycles. The van der Waals surface area contributed by atoms with Crippen LogP contribution in [0, 0.1) is 6.92 Å². The fraction of sp³-hybridized carbons (Fsp3) is 0.250. The van der Waals surface area contributed by atoms with Gasteiger partial charge < -0.3 is 14.4 Å². The number of carbonyl (C=O) groups is 1. The number of ether oxygens (including phenoxy) is 2. The van der Waals surface area contributed by atoms with Gasteiger partial charge in [-0.15, -0.1) is 21.5 Å². The first-order chi connectivity index (χ1) is 21.5. The number of aryl methyl sites for hydroxylation is 1. The summed E-state index contributed by atoms with van der Waals surface area (Å²) in [4.78, 5) is 22.3. The van der Waals surface area contributed by atoms with Crippen molar-refractivity contribution in [3.05, 3.63) is 99.0 Å². The molecule has 0 N–H and O–H groups in total. The van der Waals surface area contributed by atoms with Crippen molar-refractivity contribution in [1.82, 2.24) is 29.5 Å². The van der Waals surface area contributed by atoms with Crippen LogP contribution in [-0.2, 0) is 12.3 Å². The van der Waals surface area contributed by atoms with Crippen LogP contribution in [0.2, 0.25) is 5.02 Å². The standard InChI is InChI=1S/C32H29ClN6O3S2/c1-21-6-2-5-9-26(21)39-30(23-7-3-4-8-24(23)33)35-36-32(39)44-19-29-34-25(18-43-29)31(40)38-14-12-37(13-15-38)17-22-10-11-27-28(16-22)42-20-41-27/h2-11,16,18H,12-15,17,19-20H2,1H3. The summed E-state index contributed by atoms with van der Waals surface area (Å²) in [5.41, 5.74) is 4.57. The molecular formula is C32H29ClN6O3S2. The topological polar surface area (TPSA) is 85.6 Å². The van der Waals surface area contributed by atoms with Gasteiger partial charge in [-0.1, -0.05) is 59.8 Å². The van der Waals surface area contributed by atoms with Crippen LogP contribution in [0.5, 0.6) is 11.5 Å². The predicted molar refractivity (Wildman–Crippen MR) is 172 cm³/mol. The van der Waals surface area contributed by atoms with Crippen molar-refractivity contribution < 1.29 is 14.3 Å². The first-order valence-electron chi connectivity index (χ1n) is 14.3. The minimum absolute atomic E-state index is 0.0238. The van der Waals surface area contributed by atoms with Gasteiger partial charge in [0.2, 0.25) is 6.79 Å². The van der Waals surface area contributed by atoms with E-state index in [2.05, 4.69) is 40.2 Å². The van der Waals surface area contributed by atoms with Crippen molar-refractivity contribution in [3.8, 4) is 28.6 Å². The van der Waals surface area contributed by atoms with E-state index in [1.165, 1.54) is 16.9 Å². The Balaban J connectivity index is 1.00. The van der Waals surface area contributed by atoms with Gasteiger partial charge in [-0.05, 0) is 48.4 Å².